The minimum absolute atomic E-state index is 0.0175. The van der Waals surface area contributed by atoms with Crippen LogP contribution in [0.5, 0.6) is 0 Å². The van der Waals surface area contributed by atoms with E-state index >= 15 is 0 Å². The largest absolute Gasteiger partial charge is 0.352 e. The summed E-state index contributed by atoms with van der Waals surface area (Å²) in [6.45, 7) is 0.679. The summed E-state index contributed by atoms with van der Waals surface area (Å²) in [5.74, 6) is 0.328. The molecule has 1 amide bonds. The zero-order valence-electron chi connectivity index (χ0n) is 9.45. The Morgan fingerprint density at radius 3 is 2.56 bits per heavy atom. The maximum Gasteiger partial charge on any atom is 0.227 e. The van der Waals surface area contributed by atoms with Crippen LogP contribution in [0.3, 0.4) is 0 Å². The number of rotatable bonds is 4. The van der Waals surface area contributed by atoms with Crippen molar-refractivity contribution in [2.75, 3.05) is 25.1 Å². The lowest BCUT2D eigenvalue weighted by molar-refractivity contribution is -0.126. The summed E-state index contributed by atoms with van der Waals surface area (Å²) in [7, 11) is -1.08. The third-order valence-electron chi connectivity index (χ3n) is 3.42. The fourth-order valence-corrected chi connectivity index (χ4v) is 3.89. The molecule has 1 heterocycles. The van der Waals surface area contributed by atoms with Gasteiger partial charge in [-0.25, -0.2) is 8.42 Å². The van der Waals surface area contributed by atoms with E-state index in [9.17, 15) is 13.2 Å². The third-order valence-corrected chi connectivity index (χ3v) is 5.19. The predicted molar refractivity (Wildman–Crippen MR) is 60.8 cm³/mol. The Bertz CT molecular complexity index is 387. The molecule has 0 radical (unpaired) electrons. The van der Waals surface area contributed by atoms with Gasteiger partial charge in [0, 0.05) is 12.6 Å². The lowest BCUT2D eigenvalue weighted by Crippen LogP contribution is -2.43. The molecule has 1 unspecified atom stereocenters. The molecule has 2 fully saturated rings. The zero-order valence-corrected chi connectivity index (χ0v) is 10.3. The molecule has 1 atom stereocenters. The maximum atomic E-state index is 11.9. The van der Waals surface area contributed by atoms with Crippen LogP contribution in [-0.4, -0.2) is 45.5 Å². The fourth-order valence-electron chi connectivity index (χ4n) is 2.22. The second kappa shape index (κ2) is 4.00. The van der Waals surface area contributed by atoms with Crippen LogP contribution < -0.4 is 10.6 Å². The van der Waals surface area contributed by atoms with Crippen LogP contribution in [0.25, 0.3) is 0 Å². The minimum atomic E-state index is -2.91. The number of carbonyl (C=O) groups excluding carboxylic acids is 1. The summed E-state index contributed by atoms with van der Waals surface area (Å²) in [6.07, 6.45) is 2.36. The molecular weight excluding hydrogens is 228 g/mol. The summed E-state index contributed by atoms with van der Waals surface area (Å²) >= 11 is 0. The van der Waals surface area contributed by atoms with Crippen molar-refractivity contribution < 1.29 is 13.2 Å². The summed E-state index contributed by atoms with van der Waals surface area (Å²) in [5, 5.41) is 5.88. The van der Waals surface area contributed by atoms with Crippen LogP contribution in [0, 0.1) is 5.41 Å². The van der Waals surface area contributed by atoms with Crippen molar-refractivity contribution in [3.05, 3.63) is 0 Å². The van der Waals surface area contributed by atoms with Crippen LogP contribution in [0.15, 0.2) is 0 Å². The first-order valence-electron chi connectivity index (χ1n) is 5.63. The molecule has 0 aromatic rings. The van der Waals surface area contributed by atoms with Crippen LogP contribution in [0.4, 0.5) is 0 Å². The van der Waals surface area contributed by atoms with E-state index in [2.05, 4.69) is 10.6 Å². The van der Waals surface area contributed by atoms with Crippen molar-refractivity contribution in [2.45, 2.75) is 25.3 Å². The van der Waals surface area contributed by atoms with Gasteiger partial charge in [-0.2, -0.15) is 0 Å². The molecule has 1 aliphatic heterocycles. The zero-order chi connectivity index (χ0) is 11.8. The monoisotopic (exact) mass is 246 g/mol. The Kier molecular flexibility index (Phi) is 2.96. The van der Waals surface area contributed by atoms with Gasteiger partial charge in [-0.05, 0) is 26.3 Å². The van der Waals surface area contributed by atoms with E-state index in [4.69, 9.17) is 0 Å². The van der Waals surface area contributed by atoms with Gasteiger partial charge in [0.1, 0.15) is 0 Å². The topological polar surface area (TPSA) is 75.3 Å². The number of hydrogen-bond acceptors (Lipinski definition) is 4. The van der Waals surface area contributed by atoms with Crippen molar-refractivity contribution in [1.29, 1.82) is 0 Å². The molecule has 1 aliphatic carbocycles. The average Bonchev–Trinajstić information content (AvgIpc) is 2.89. The first-order valence-corrected chi connectivity index (χ1v) is 7.46. The van der Waals surface area contributed by atoms with Crippen molar-refractivity contribution in [1.82, 2.24) is 10.6 Å². The minimum Gasteiger partial charge on any atom is -0.352 e. The molecule has 5 nitrogen and oxygen atoms in total. The molecule has 1 saturated heterocycles. The lowest BCUT2D eigenvalue weighted by atomic mass is 10.1. The highest BCUT2D eigenvalue weighted by atomic mass is 32.2. The molecule has 92 valence electrons. The second-order valence-electron chi connectivity index (χ2n) is 4.88. The van der Waals surface area contributed by atoms with Gasteiger partial charge in [-0.1, -0.05) is 0 Å². The van der Waals surface area contributed by atoms with E-state index in [0.717, 1.165) is 12.8 Å². The molecule has 6 heteroatoms. The Morgan fingerprint density at radius 1 is 1.44 bits per heavy atom. The lowest BCUT2D eigenvalue weighted by Gasteiger charge is -2.17. The highest BCUT2D eigenvalue weighted by molar-refractivity contribution is 7.91. The van der Waals surface area contributed by atoms with Gasteiger partial charge in [-0.15, -0.1) is 0 Å². The van der Waals surface area contributed by atoms with Gasteiger partial charge >= 0.3 is 0 Å². The summed E-state index contributed by atoms with van der Waals surface area (Å²) in [5.41, 5.74) is -0.263. The van der Waals surface area contributed by atoms with Gasteiger partial charge in [0.2, 0.25) is 5.91 Å². The summed E-state index contributed by atoms with van der Waals surface area (Å²) < 4.78 is 22.5. The van der Waals surface area contributed by atoms with Crippen LogP contribution in [0.1, 0.15) is 19.3 Å². The van der Waals surface area contributed by atoms with E-state index in [0.29, 0.717) is 13.0 Å². The number of amides is 1. The molecule has 0 spiro atoms. The van der Waals surface area contributed by atoms with Crippen molar-refractivity contribution in [3.8, 4) is 0 Å². The first-order chi connectivity index (χ1) is 7.47. The highest BCUT2D eigenvalue weighted by Gasteiger charge is 2.49. The molecule has 2 rings (SSSR count). The highest BCUT2D eigenvalue weighted by Crippen LogP contribution is 2.45. The summed E-state index contributed by atoms with van der Waals surface area (Å²) in [6, 6.07) is -0.174. The van der Waals surface area contributed by atoms with Crippen LogP contribution in [-0.2, 0) is 14.6 Å². The number of hydrogen-bond donors (Lipinski definition) is 2. The van der Waals surface area contributed by atoms with Crippen molar-refractivity contribution in [2.24, 2.45) is 5.41 Å². The normalized spacial score (nSPS) is 29.9. The Hall–Kier alpha value is -0.620. The Morgan fingerprint density at radius 2 is 2.12 bits per heavy atom. The molecule has 0 aromatic carbocycles. The maximum absolute atomic E-state index is 11.9. The van der Waals surface area contributed by atoms with Gasteiger partial charge < -0.3 is 10.6 Å². The van der Waals surface area contributed by atoms with Gasteiger partial charge in [0.05, 0.1) is 16.9 Å². The molecule has 0 aromatic heterocycles. The van der Waals surface area contributed by atoms with Crippen molar-refractivity contribution in [3.63, 3.8) is 0 Å². The van der Waals surface area contributed by atoms with E-state index in [1.807, 2.05) is 7.05 Å². The van der Waals surface area contributed by atoms with E-state index in [1.165, 1.54) is 0 Å². The average molecular weight is 246 g/mol. The van der Waals surface area contributed by atoms with E-state index < -0.39 is 9.84 Å². The van der Waals surface area contributed by atoms with Gasteiger partial charge in [0.25, 0.3) is 0 Å². The van der Waals surface area contributed by atoms with Gasteiger partial charge in [-0.3, -0.25) is 4.79 Å². The quantitative estimate of drug-likeness (QED) is 0.687. The first kappa shape index (κ1) is 11.9. The molecule has 2 aliphatic rings. The van der Waals surface area contributed by atoms with Crippen LogP contribution >= 0.6 is 0 Å². The molecular formula is C10H18N2O3S. The standard InChI is InChI=1S/C10H18N2O3S/c1-11-7-10(3-4-10)9(13)12-8-2-5-16(14,15)6-8/h8,11H,2-7H2,1H3,(H,12,13). The predicted octanol–water partition coefficient (Wildman–Crippen LogP) is -0.711. The second-order valence-corrected chi connectivity index (χ2v) is 7.11. The van der Waals surface area contributed by atoms with Crippen LogP contribution in [0.2, 0.25) is 0 Å². The van der Waals surface area contributed by atoms with E-state index in [-0.39, 0.29) is 28.9 Å². The van der Waals surface area contributed by atoms with Gasteiger partial charge in [0.15, 0.2) is 9.84 Å². The summed E-state index contributed by atoms with van der Waals surface area (Å²) in [4.78, 5) is 11.9. The number of carbonyl (C=O) groups is 1. The number of sulfone groups is 1. The van der Waals surface area contributed by atoms with E-state index in [1.54, 1.807) is 0 Å². The van der Waals surface area contributed by atoms with Crippen molar-refractivity contribution >= 4 is 15.7 Å². The Balaban J connectivity index is 1.89. The Labute approximate surface area is 95.9 Å². The smallest absolute Gasteiger partial charge is 0.227 e. The fraction of sp³-hybridized carbons (Fsp3) is 0.900. The number of nitrogens with one attached hydrogen (secondary N) is 2. The SMILES string of the molecule is CNCC1(C(=O)NC2CCS(=O)(=O)C2)CC1. The molecule has 2 N–H and O–H groups in total. The molecule has 0 bridgehead atoms. The third kappa shape index (κ3) is 2.38. The molecule has 1 saturated carbocycles. The molecule has 16 heavy (non-hydrogen) atoms.